The minimum atomic E-state index is -3.40. The molecule has 0 spiro atoms. The zero-order valence-corrected chi connectivity index (χ0v) is 15.2. The van der Waals surface area contributed by atoms with Gasteiger partial charge in [-0.05, 0) is 46.6 Å². The molecule has 0 amide bonds. The molecule has 2 atom stereocenters. The third kappa shape index (κ3) is 4.88. The molecular weight excluding hydrogens is 339 g/mol. The maximum absolute atomic E-state index is 14.6. The largest absolute Gasteiger partial charge is 0.598 e. The molecule has 7 heteroatoms. The highest BCUT2D eigenvalue weighted by Gasteiger charge is 2.39. The molecule has 24 heavy (non-hydrogen) atoms. The van der Waals surface area contributed by atoms with Crippen LogP contribution in [0.1, 0.15) is 57.7 Å². The highest BCUT2D eigenvalue weighted by atomic mass is 32.2. The summed E-state index contributed by atoms with van der Waals surface area (Å²) in [6.45, 7) is 6.11. The Balaban J connectivity index is 2.16. The molecule has 136 valence electrons. The van der Waals surface area contributed by atoms with E-state index in [4.69, 9.17) is 4.74 Å². The highest BCUT2D eigenvalue weighted by Crippen LogP contribution is 2.35. The standard InChI is InChI=1S/C17H24F3NO2S/c1-11(21-24(22)16(2,3)4)13-6-5-7-14(15(13)18)17(19,20)10-23-12-8-9-12/h5-7,11-12,21H,8-10H2,1-4H3/t11-,24?/m1/s1. The number of hydrogen-bond donors (Lipinski definition) is 1. The van der Waals surface area contributed by atoms with Crippen molar-refractivity contribution in [2.45, 2.75) is 63.4 Å². The van der Waals surface area contributed by atoms with Crippen LogP contribution in [0.25, 0.3) is 0 Å². The first-order valence-electron chi connectivity index (χ1n) is 7.99. The molecule has 0 bridgehead atoms. The van der Waals surface area contributed by atoms with Gasteiger partial charge in [0.25, 0.3) is 5.92 Å². The van der Waals surface area contributed by atoms with E-state index in [2.05, 4.69) is 4.72 Å². The van der Waals surface area contributed by atoms with Crippen molar-refractivity contribution in [3.05, 3.63) is 35.1 Å². The summed E-state index contributed by atoms with van der Waals surface area (Å²) < 4.78 is 62.6. The van der Waals surface area contributed by atoms with Crippen molar-refractivity contribution < 1.29 is 22.5 Å². The van der Waals surface area contributed by atoms with E-state index in [0.717, 1.165) is 18.9 Å². The Morgan fingerprint density at radius 2 is 1.96 bits per heavy atom. The average molecular weight is 363 g/mol. The Labute approximate surface area is 144 Å². The van der Waals surface area contributed by atoms with E-state index in [-0.39, 0.29) is 11.7 Å². The number of nitrogens with one attached hydrogen (secondary N) is 1. The van der Waals surface area contributed by atoms with Gasteiger partial charge in [0, 0.05) is 16.9 Å². The Hall–Kier alpha value is -0.760. The fraction of sp³-hybridized carbons (Fsp3) is 0.647. The van der Waals surface area contributed by atoms with E-state index in [1.165, 1.54) is 12.1 Å². The van der Waals surface area contributed by atoms with Crippen molar-refractivity contribution in [1.82, 2.24) is 4.72 Å². The van der Waals surface area contributed by atoms with Gasteiger partial charge in [0.1, 0.15) is 17.2 Å². The summed E-state index contributed by atoms with van der Waals surface area (Å²) in [5.74, 6) is -4.38. The van der Waals surface area contributed by atoms with Crippen molar-refractivity contribution in [2.75, 3.05) is 6.61 Å². The normalized spacial score (nSPS) is 18.5. The second-order valence-electron chi connectivity index (χ2n) is 7.14. The van der Waals surface area contributed by atoms with E-state index >= 15 is 0 Å². The van der Waals surface area contributed by atoms with E-state index in [1.54, 1.807) is 27.7 Å². The number of ether oxygens (including phenoxy) is 1. The van der Waals surface area contributed by atoms with Crippen LogP contribution in [0.15, 0.2) is 18.2 Å². The molecule has 0 heterocycles. The lowest BCUT2D eigenvalue weighted by Crippen LogP contribution is -2.40. The van der Waals surface area contributed by atoms with Gasteiger partial charge in [0.15, 0.2) is 0 Å². The molecule has 0 radical (unpaired) electrons. The van der Waals surface area contributed by atoms with E-state index in [9.17, 15) is 17.7 Å². The summed E-state index contributed by atoms with van der Waals surface area (Å²) in [5.41, 5.74) is -0.618. The predicted octanol–water partition coefficient (Wildman–Crippen LogP) is 4.21. The highest BCUT2D eigenvalue weighted by molar-refractivity contribution is 7.90. The molecule has 1 aromatic rings. The topological polar surface area (TPSA) is 44.3 Å². The number of halogens is 3. The second kappa shape index (κ2) is 7.23. The van der Waals surface area contributed by atoms with Crippen molar-refractivity contribution in [2.24, 2.45) is 0 Å². The fourth-order valence-electron chi connectivity index (χ4n) is 2.10. The third-order valence-electron chi connectivity index (χ3n) is 3.75. The van der Waals surface area contributed by atoms with Gasteiger partial charge in [-0.1, -0.05) is 12.1 Å². The van der Waals surface area contributed by atoms with Gasteiger partial charge < -0.3 is 9.29 Å². The lowest BCUT2D eigenvalue weighted by atomic mass is 10.0. The minimum absolute atomic E-state index is 0.0659. The van der Waals surface area contributed by atoms with Crippen LogP contribution in [0.2, 0.25) is 0 Å². The van der Waals surface area contributed by atoms with E-state index in [0.29, 0.717) is 0 Å². The molecule has 2 rings (SSSR count). The monoisotopic (exact) mass is 363 g/mol. The Bertz CT molecular complexity index is 573. The fourth-order valence-corrected chi connectivity index (χ4v) is 2.90. The Morgan fingerprint density at radius 3 is 2.50 bits per heavy atom. The lowest BCUT2D eigenvalue weighted by Gasteiger charge is -2.27. The molecule has 1 aromatic carbocycles. The summed E-state index contributed by atoms with van der Waals surface area (Å²) in [7, 11) is 0. The van der Waals surface area contributed by atoms with Crippen molar-refractivity contribution >= 4 is 11.4 Å². The van der Waals surface area contributed by atoms with Gasteiger partial charge in [-0.25, -0.2) is 4.39 Å². The molecule has 0 saturated heterocycles. The lowest BCUT2D eigenvalue weighted by molar-refractivity contribution is -0.0895. The molecule has 1 saturated carbocycles. The molecule has 1 fully saturated rings. The molecular formula is C17H24F3NO2S. The first kappa shape index (κ1) is 19.6. The molecule has 3 nitrogen and oxygen atoms in total. The van der Waals surface area contributed by atoms with Crippen molar-refractivity contribution in [3.63, 3.8) is 0 Å². The van der Waals surface area contributed by atoms with Gasteiger partial charge in [-0.15, -0.1) is 4.72 Å². The van der Waals surface area contributed by atoms with Gasteiger partial charge in [-0.2, -0.15) is 8.78 Å². The maximum Gasteiger partial charge on any atom is 0.298 e. The van der Waals surface area contributed by atoms with Crippen LogP contribution in [0.3, 0.4) is 0 Å². The van der Waals surface area contributed by atoms with Crippen LogP contribution < -0.4 is 4.72 Å². The van der Waals surface area contributed by atoms with Crippen molar-refractivity contribution in [1.29, 1.82) is 0 Å². The smallest absolute Gasteiger partial charge is 0.298 e. The molecule has 1 unspecified atom stereocenters. The molecule has 0 aliphatic heterocycles. The predicted molar refractivity (Wildman–Crippen MR) is 88.7 cm³/mol. The third-order valence-corrected chi connectivity index (χ3v) is 5.43. The summed E-state index contributed by atoms with van der Waals surface area (Å²) in [6, 6.07) is 3.22. The first-order chi connectivity index (χ1) is 11.0. The van der Waals surface area contributed by atoms with Gasteiger partial charge in [-0.3, -0.25) is 0 Å². The molecule has 1 aliphatic carbocycles. The molecule has 1 aliphatic rings. The van der Waals surface area contributed by atoms with Gasteiger partial charge in [0.05, 0.1) is 17.7 Å². The zero-order chi connectivity index (χ0) is 18.1. The van der Waals surface area contributed by atoms with Crippen LogP contribution in [0.4, 0.5) is 13.2 Å². The summed E-state index contributed by atoms with van der Waals surface area (Å²) in [6.07, 6.45) is 1.42. The SMILES string of the molecule is C[C@@H](N[S+]([O-])C(C)(C)C)c1cccc(C(F)(F)COC2CC2)c1F. The van der Waals surface area contributed by atoms with Gasteiger partial charge >= 0.3 is 0 Å². The van der Waals surface area contributed by atoms with Crippen LogP contribution in [0, 0.1) is 5.82 Å². The van der Waals surface area contributed by atoms with Crippen LogP contribution in [-0.4, -0.2) is 22.0 Å². The summed E-state index contributed by atoms with van der Waals surface area (Å²) >= 11 is -1.43. The quantitative estimate of drug-likeness (QED) is 0.738. The number of hydrogen-bond acceptors (Lipinski definition) is 3. The van der Waals surface area contributed by atoms with Crippen molar-refractivity contribution in [3.8, 4) is 0 Å². The number of rotatable bonds is 7. The van der Waals surface area contributed by atoms with Crippen LogP contribution in [-0.2, 0) is 22.0 Å². The average Bonchev–Trinajstić information content (AvgIpc) is 3.28. The molecule has 1 N–H and O–H groups in total. The van der Waals surface area contributed by atoms with E-state index < -0.39 is 46.1 Å². The zero-order valence-electron chi connectivity index (χ0n) is 14.4. The van der Waals surface area contributed by atoms with E-state index in [1.807, 2.05) is 0 Å². The van der Waals surface area contributed by atoms with Crippen LogP contribution in [0.5, 0.6) is 0 Å². The minimum Gasteiger partial charge on any atom is -0.598 e. The number of alkyl halides is 2. The Kier molecular flexibility index (Phi) is 5.90. The maximum atomic E-state index is 14.6. The van der Waals surface area contributed by atoms with Crippen LogP contribution >= 0.6 is 0 Å². The summed E-state index contributed by atoms with van der Waals surface area (Å²) in [5, 5.41) is 0. The van der Waals surface area contributed by atoms with Gasteiger partial charge in [0.2, 0.25) is 0 Å². The number of benzene rings is 1. The second-order valence-corrected chi connectivity index (χ2v) is 9.14. The summed E-state index contributed by atoms with van der Waals surface area (Å²) in [4.78, 5) is 0. The first-order valence-corrected chi connectivity index (χ1v) is 9.13. The molecule has 0 aromatic heterocycles. The Morgan fingerprint density at radius 1 is 1.33 bits per heavy atom.